The second-order valence-corrected chi connectivity index (χ2v) is 6.72. The van der Waals surface area contributed by atoms with E-state index in [4.69, 9.17) is 0 Å². The van der Waals surface area contributed by atoms with Gasteiger partial charge in [-0.05, 0) is 50.1 Å². The van der Waals surface area contributed by atoms with Crippen molar-refractivity contribution in [3.63, 3.8) is 0 Å². The first-order valence-electron chi connectivity index (χ1n) is 5.74. The summed E-state index contributed by atoms with van der Waals surface area (Å²) in [6, 6.07) is 10.2. The molecule has 0 aliphatic carbocycles. The van der Waals surface area contributed by atoms with Crippen LogP contribution >= 0.6 is 43.2 Å². The first-order valence-corrected chi connectivity index (χ1v) is 8.20. The summed E-state index contributed by atoms with van der Waals surface area (Å²) in [6.45, 7) is 0. The largest absolute Gasteiger partial charge is 0.289 e. The van der Waals surface area contributed by atoms with Gasteiger partial charge in [0.2, 0.25) is 0 Å². The second kappa shape index (κ2) is 5.39. The van der Waals surface area contributed by atoms with Crippen LogP contribution in [0.2, 0.25) is 0 Å². The molecule has 0 spiro atoms. The summed E-state index contributed by atoms with van der Waals surface area (Å²) in [5, 5.41) is 2.69. The van der Waals surface area contributed by atoms with E-state index < -0.39 is 5.82 Å². The maximum Gasteiger partial charge on any atom is 0.195 e. The zero-order valence-electron chi connectivity index (χ0n) is 9.99. The number of rotatable bonds is 2. The minimum atomic E-state index is -0.434. The number of carbonyl (C=O) groups is 1. The molecule has 1 nitrogen and oxygen atoms in total. The van der Waals surface area contributed by atoms with E-state index in [1.165, 1.54) is 23.5 Å². The third-order valence-electron chi connectivity index (χ3n) is 2.99. The number of carbonyl (C=O) groups excluding carboxylic acids is 1. The quantitative estimate of drug-likeness (QED) is 0.485. The second-order valence-electron chi connectivity index (χ2n) is 4.20. The predicted molar refractivity (Wildman–Crippen MR) is 87.1 cm³/mol. The SMILES string of the molecule is O=C(c1cccc(F)c1Br)c1csc2c(Br)cccc12. The van der Waals surface area contributed by atoms with E-state index >= 15 is 0 Å². The highest BCUT2D eigenvalue weighted by Crippen LogP contribution is 2.34. The van der Waals surface area contributed by atoms with E-state index in [1.807, 2.05) is 23.6 Å². The van der Waals surface area contributed by atoms with Gasteiger partial charge in [-0.1, -0.05) is 18.2 Å². The number of halogens is 3. The van der Waals surface area contributed by atoms with Crippen LogP contribution in [0, 0.1) is 5.82 Å². The normalized spacial score (nSPS) is 10.9. The van der Waals surface area contributed by atoms with Crippen LogP contribution in [0.15, 0.2) is 50.7 Å². The molecule has 5 heteroatoms. The van der Waals surface area contributed by atoms with Crippen LogP contribution < -0.4 is 0 Å². The Morgan fingerprint density at radius 1 is 1.05 bits per heavy atom. The van der Waals surface area contributed by atoms with Gasteiger partial charge in [-0.25, -0.2) is 4.39 Å². The van der Waals surface area contributed by atoms with Crippen LogP contribution in [-0.4, -0.2) is 5.78 Å². The van der Waals surface area contributed by atoms with Crippen molar-refractivity contribution in [2.24, 2.45) is 0 Å². The molecule has 3 rings (SSSR count). The van der Waals surface area contributed by atoms with Crippen LogP contribution in [0.1, 0.15) is 15.9 Å². The van der Waals surface area contributed by atoms with Gasteiger partial charge in [0.25, 0.3) is 0 Å². The third kappa shape index (κ3) is 2.24. The average Bonchev–Trinajstić information content (AvgIpc) is 2.86. The lowest BCUT2D eigenvalue weighted by Crippen LogP contribution is -2.02. The van der Waals surface area contributed by atoms with Crippen LogP contribution in [0.3, 0.4) is 0 Å². The highest BCUT2D eigenvalue weighted by atomic mass is 79.9. The average molecular weight is 414 g/mol. The van der Waals surface area contributed by atoms with Gasteiger partial charge < -0.3 is 0 Å². The Balaban J connectivity index is 2.18. The number of thiophene rings is 1. The fourth-order valence-corrected chi connectivity index (χ4v) is 4.07. The summed E-state index contributed by atoms with van der Waals surface area (Å²) < 4.78 is 15.7. The summed E-state index contributed by atoms with van der Waals surface area (Å²) in [5.74, 6) is -0.614. The lowest BCUT2D eigenvalue weighted by molar-refractivity contribution is 0.103. The van der Waals surface area contributed by atoms with Crippen LogP contribution in [0.25, 0.3) is 10.1 Å². The van der Waals surface area contributed by atoms with E-state index in [0.717, 1.165) is 14.6 Å². The van der Waals surface area contributed by atoms with E-state index in [-0.39, 0.29) is 10.3 Å². The van der Waals surface area contributed by atoms with Gasteiger partial charge in [-0.2, -0.15) is 0 Å². The molecule has 0 radical (unpaired) electrons. The van der Waals surface area contributed by atoms with Gasteiger partial charge in [-0.15, -0.1) is 11.3 Å². The molecule has 1 aromatic heterocycles. The summed E-state index contributed by atoms with van der Waals surface area (Å²) in [6.07, 6.45) is 0. The zero-order valence-corrected chi connectivity index (χ0v) is 14.0. The first kappa shape index (κ1) is 13.9. The van der Waals surface area contributed by atoms with E-state index in [2.05, 4.69) is 31.9 Å². The molecule has 1 heterocycles. The molecule has 0 saturated carbocycles. The van der Waals surface area contributed by atoms with E-state index in [1.54, 1.807) is 6.07 Å². The number of ketones is 1. The van der Waals surface area contributed by atoms with Gasteiger partial charge in [0.05, 0.1) is 4.47 Å². The molecule has 0 unspecified atom stereocenters. The molecule has 20 heavy (non-hydrogen) atoms. The maximum atomic E-state index is 13.6. The molecule has 0 atom stereocenters. The molecule has 100 valence electrons. The Hall–Kier alpha value is -1.04. The fraction of sp³-hybridized carbons (Fsp3) is 0. The summed E-state index contributed by atoms with van der Waals surface area (Å²) in [5.41, 5.74) is 0.933. The van der Waals surface area contributed by atoms with E-state index in [0.29, 0.717) is 11.1 Å². The fourth-order valence-electron chi connectivity index (χ4n) is 2.02. The van der Waals surface area contributed by atoms with Gasteiger partial charge >= 0.3 is 0 Å². The summed E-state index contributed by atoms with van der Waals surface area (Å²) in [7, 11) is 0. The van der Waals surface area contributed by atoms with Crippen molar-refractivity contribution < 1.29 is 9.18 Å². The molecule has 0 bridgehead atoms. The van der Waals surface area contributed by atoms with Crippen molar-refractivity contribution in [3.8, 4) is 0 Å². The Morgan fingerprint density at radius 2 is 1.80 bits per heavy atom. The monoisotopic (exact) mass is 412 g/mol. The summed E-state index contributed by atoms with van der Waals surface area (Å²) in [4.78, 5) is 12.6. The number of fused-ring (bicyclic) bond motifs is 1. The first-order chi connectivity index (χ1) is 9.59. The van der Waals surface area contributed by atoms with Crippen molar-refractivity contribution in [1.29, 1.82) is 0 Å². The minimum Gasteiger partial charge on any atom is -0.289 e. The highest BCUT2D eigenvalue weighted by Gasteiger charge is 2.19. The third-order valence-corrected chi connectivity index (χ3v) is 5.75. The van der Waals surface area contributed by atoms with Gasteiger partial charge in [-0.3, -0.25) is 4.79 Å². The predicted octanol–water partition coefficient (Wildman–Crippen LogP) is 5.80. The molecule has 0 aliphatic heterocycles. The minimum absolute atomic E-state index is 0.180. The molecular formula is C15H7Br2FOS. The van der Waals surface area contributed by atoms with Gasteiger partial charge in [0, 0.05) is 31.1 Å². The molecule has 2 aromatic carbocycles. The molecule has 0 amide bonds. The number of benzene rings is 2. The van der Waals surface area contributed by atoms with Crippen LogP contribution in [-0.2, 0) is 0 Å². The van der Waals surface area contributed by atoms with Crippen LogP contribution in [0.4, 0.5) is 4.39 Å². The Bertz CT molecular complexity index is 826. The van der Waals surface area contributed by atoms with E-state index in [9.17, 15) is 9.18 Å². The molecule has 0 aliphatic rings. The van der Waals surface area contributed by atoms with Crippen molar-refractivity contribution in [2.45, 2.75) is 0 Å². The molecule has 0 N–H and O–H groups in total. The van der Waals surface area contributed by atoms with Crippen molar-refractivity contribution in [3.05, 3.63) is 67.7 Å². The maximum absolute atomic E-state index is 13.6. The number of hydrogen-bond donors (Lipinski definition) is 0. The lowest BCUT2D eigenvalue weighted by atomic mass is 10.0. The molecule has 3 aromatic rings. The smallest absolute Gasteiger partial charge is 0.195 e. The molecule has 0 saturated heterocycles. The Labute approximate surface area is 135 Å². The number of hydrogen-bond acceptors (Lipinski definition) is 2. The standard InChI is InChI=1S/C15H7Br2FOS/c16-11-5-1-3-8-10(7-20-15(8)11)14(19)9-4-2-6-12(18)13(9)17/h1-7H. The van der Waals surface area contributed by atoms with Gasteiger partial charge in [0.15, 0.2) is 5.78 Å². The zero-order chi connectivity index (χ0) is 14.3. The van der Waals surface area contributed by atoms with Crippen molar-refractivity contribution >= 4 is 59.1 Å². The molecular weight excluding hydrogens is 407 g/mol. The summed E-state index contributed by atoms with van der Waals surface area (Å²) >= 11 is 8.11. The Morgan fingerprint density at radius 3 is 2.60 bits per heavy atom. The van der Waals surface area contributed by atoms with Crippen LogP contribution in [0.5, 0.6) is 0 Å². The van der Waals surface area contributed by atoms with Crippen molar-refractivity contribution in [2.75, 3.05) is 0 Å². The highest BCUT2D eigenvalue weighted by molar-refractivity contribution is 9.11. The Kier molecular flexibility index (Phi) is 3.75. The lowest BCUT2D eigenvalue weighted by Gasteiger charge is -2.04. The van der Waals surface area contributed by atoms with Crippen molar-refractivity contribution in [1.82, 2.24) is 0 Å². The molecule has 0 fully saturated rings. The topological polar surface area (TPSA) is 17.1 Å². The van der Waals surface area contributed by atoms with Gasteiger partial charge in [0.1, 0.15) is 5.82 Å².